The molecule has 0 aliphatic heterocycles. The number of amides is 2. The highest BCUT2D eigenvalue weighted by Crippen LogP contribution is 2.31. The lowest BCUT2D eigenvalue weighted by molar-refractivity contribution is -0.136. The van der Waals surface area contributed by atoms with Crippen LogP contribution in [0.5, 0.6) is 0 Å². The van der Waals surface area contributed by atoms with Crippen molar-refractivity contribution in [3.05, 3.63) is 65.3 Å². The van der Waals surface area contributed by atoms with Gasteiger partial charge in [0.25, 0.3) is 0 Å². The number of halogens is 1. The molecule has 8 heteroatoms. The molecule has 0 unspecified atom stereocenters. The number of imidazole rings is 1. The summed E-state index contributed by atoms with van der Waals surface area (Å²) in [5.41, 5.74) is 3.63. The molecule has 3 aromatic rings. The molecule has 178 valence electrons. The molecule has 1 heterocycles. The Hall–Kier alpha value is -3.16. The number of aromatic nitrogens is 2. The van der Waals surface area contributed by atoms with E-state index in [2.05, 4.69) is 5.32 Å². The monoisotopic (exact) mass is 479 g/mol. The Kier molecular flexibility index (Phi) is 7.34. The molecule has 2 amide bonds. The summed E-state index contributed by atoms with van der Waals surface area (Å²) in [5.74, 6) is 0.251. The van der Waals surface area contributed by atoms with Gasteiger partial charge in [0.05, 0.1) is 12.2 Å². The van der Waals surface area contributed by atoms with Crippen LogP contribution >= 0.6 is 11.6 Å². The number of anilines is 1. The van der Waals surface area contributed by atoms with Crippen LogP contribution in [0, 0.1) is 12.8 Å². The Morgan fingerprint density at radius 1 is 1.06 bits per heavy atom. The SMILES string of the molecule is Cc1ccc(-n2cc(-c3ccc(Cl)cc3)nc2NC(=O)CN(CCN(C)C)C(=O)C2CC2)cc1. The summed E-state index contributed by atoms with van der Waals surface area (Å²) in [6.45, 7) is 3.24. The van der Waals surface area contributed by atoms with Gasteiger partial charge in [0.2, 0.25) is 17.8 Å². The van der Waals surface area contributed by atoms with E-state index in [9.17, 15) is 9.59 Å². The van der Waals surface area contributed by atoms with Crippen LogP contribution in [0.2, 0.25) is 5.02 Å². The van der Waals surface area contributed by atoms with E-state index in [1.54, 1.807) is 4.90 Å². The van der Waals surface area contributed by atoms with Gasteiger partial charge in [-0.25, -0.2) is 4.98 Å². The molecule has 2 aromatic carbocycles. The van der Waals surface area contributed by atoms with E-state index in [0.717, 1.165) is 29.7 Å². The maximum Gasteiger partial charge on any atom is 0.246 e. The number of hydrogen-bond acceptors (Lipinski definition) is 4. The van der Waals surface area contributed by atoms with E-state index >= 15 is 0 Å². The highest BCUT2D eigenvalue weighted by Gasteiger charge is 2.34. The van der Waals surface area contributed by atoms with Crippen molar-refractivity contribution >= 4 is 29.4 Å². The van der Waals surface area contributed by atoms with Gasteiger partial charge in [0.1, 0.15) is 0 Å². The third-order valence-electron chi connectivity index (χ3n) is 5.80. The highest BCUT2D eigenvalue weighted by atomic mass is 35.5. The standard InChI is InChI=1S/C26H30ClN5O2/c1-18-4-12-22(13-5-18)32-16-23(19-8-10-21(27)11-9-19)28-26(32)29-24(33)17-31(15-14-30(2)3)25(34)20-6-7-20/h4-5,8-13,16,20H,6-7,14-15,17H2,1-3H3,(H,28,29,33). The molecule has 0 saturated heterocycles. The van der Waals surface area contributed by atoms with E-state index in [4.69, 9.17) is 16.6 Å². The summed E-state index contributed by atoms with van der Waals surface area (Å²) in [6, 6.07) is 15.4. The Labute approximate surface area is 205 Å². The van der Waals surface area contributed by atoms with Crippen LogP contribution in [-0.2, 0) is 9.59 Å². The fourth-order valence-corrected chi connectivity index (χ4v) is 3.77. The number of likely N-dealkylation sites (N-methyl/N-ethyl adjacent to an activating group) is 1. The topological polar surface area (TPSA) is 70.5 Å². The van der Waals surface area contributed by atoms with E-state index < -0.39 is 0 Å². The second-order valence-corrected chi connectivity index (χ2v) is 9.48. The average Bonchev–Trinajstić information content (AvgIpc) is 3.58. The zero-order valence-electron chi connectivity index (χ0n) is 19.8. The molecule has 1 aliphatic carbocycles. The normalized spacial score (nSPS) is 13.2. The maximum atomic E-state index is 13.1. The molecule has 0 radical (unpaired) electrons. The van der Waals surface area contributed by atoms with Crippen LogP contribution in [0.4, 0.5) is 5.95 Å². The summed E-state index contributed by atoms with van der Waals surface area (Å²) in [4.78, 5) is 34.2. The molecular weight excluding hydrogens is 450 g/mol. The zero-order chi connectivity index (χ0) is 24.2. The number of nitrogens with one attached hydrogen (secondary N) is 1. The van der Waals surface area contributed by atoms with Gasteiger partial charge in [-0.2, -0.15) is 0 Å². The van der Waals surface area contributed by atoms with Crippen LogP contribution in [0.1, 0.15) is 18.4 Å². The molecule has 4 rings (SSSR count). The van der Waals surface area contributed by atoms with E-state index in [0.29, 0.717) is 29.8 Å². The molecule has 0 atom stereocenters. The largest absolute Gasteiger partial charge is 0.332 e. The van der Waals surface area contributed by atoms with E-state index in [-0.39, 0.29) is 24.3 Å². The van der Waals surface area contributed by atoms with Gasteiger partial charge in [-0.1, -0.05) is 41.4 Å². The second kappa shape index (κ2) is 10.4. The molecule has 34 heavy (non-hydrogen) atoms. The average molecular weight is 480 g/mol. The second-order valence-electron chi connectivity index (χ2n) is 9.05. The number of rotatable bonds is 9. The van der Waals surface area contributed by atoms with Gasteiger partial charge in [-0.05, 0) is 58.1 Å². The summed E-state index contributed by atoms with van der Waals surface area (Å²) in [6.07, 6.45) is 3.70. The summed E-state index contributed by atoms with van der Waals surface area (Å²) < 4.78 is 1.86. The number of aryl methyl sites for hydroxylation is 1. The van der Waals surface area contributed by atoms with Crippen molar-refractivity contribution in [3.63, 3.8) is 0 Å². The van der Waals surface area contributed by atoms with Crippen molar-refractivity contribution in [1.82, 2.24) is 19.4 Å². The molecule has 1 aromatic heterocycles. The zero-order valence-corrected chi connectivity index (χ0v) is 20.5. The van der Waals surface area contributed by atoms with Gasteiger partial charge < -0.3 is 9.80 Å². The molecule has 1 N–H and O–H groups in total. The van der Waals surface area contributed by atoms with Crippen LogP contribution < -0.4 is 5.32 Å². The first-order valence-electron chi connectivity index (χ1n) is 11.5. The maximum absolute atomic E-state index is 13.1. The fourth-order valence-electron chi connectivity index (χ4n) is 3.64. The van der Waals surface area contributed by atoms with Crippen molar-refractivity contribution < 1.29 is 9.59 Å². The minimum absolute atomic E-state index is 0.000208. The Balaban J connectivity index is 1.58. The first-order valence-corrected chi connectivity index (χ1v) is 11.8. The first kappa shape index (κ1) is 24.0. The lowest BCUT2D eigenvalue weighted by Crippen LogP contribution is -2.42. The van der Waals surface area contributed by atoms with Crippen molar-refractivity contribution in [2.45, 2.75) is 19.8 Å². The van der Waals surface area contributed by atoms with E-state index in [1.807, 2.05) is 85.2 Å². The van der Waals surface area contributed by atoms with Crippen LogP contribution in [-0.4, -0.2) is 64.9 Å². The van der Waals surface area contributed by atoms with Crippen molar-refractivity contribution in [1.29, 1.82) is 0 Å². The summed E-state index contributed by atoms with van der Waals surface area (Å²) in [7, 11) is 3.91. The van der Waals surface area contributed by atoms with Crippen LogP contribution in [0.15, 0.2) is 54.7 Å². The predicted octanol–water partition coefficient (Wildman–Crippen LogP) is 4.24. The molecule has 0 bridgehead atoms. The molecule has 1 aliphatic rings. The van der Waals surface area contributed by atoms with Crippen LogP contribution in [0.3, 0.4) is 0 Å². The quantitative estimate of drug-likeness (QED) is 0.498. The summed E-state index contributed by atoms with van der Waals surface area (Å²) >= 11 is 6.04. The lowest BCUT2D eigenvalue weighted by atomic mass is 10.2. The van der Waals surface area contributed by atoms with Gasteiger partial charge >= 0.3 is 0 Å². The minimum Gasteiger partial charge on any atom is -0.332 e. The van der Waals surface area contributed by atoms with E-state index in [1.165, 1.54) is 0 Å². The minimum atomic E-state index is -0.269. The lowest BCUT2D eigenvalue weighted by Gasteiger charge is -2.24. The Morgan fingerprint density at radius 3 is 2.35 bits per heavy atom. The molecule has 0 spiro atoms. The third kappa shape index (κ3) is 6.04. The number of carbonyl (C=O) groups is 2. The molecule has 7 nitrogen and oxygen atoms in total. The van der Waals surface area contributed by atoms with Gasteiger partial charge in [-0.3, -0.25) is 19.5 Å². The fraction of sp³-hybridized carbons (Fsp3) is 0.346. The predicted molar refractivity (Wildman–Crippen MR) is 135 cm³/mol. The van der Waals surface area contributed by atoms with Gasteiger partial charge in [-0.15, -0.1) is 0 Å². The smallest absolute Gasteiger partial charge is 0.246 e. The third-order valence-corrected chi connectivity index (χ3v) is 6.05. The number of nitrogens with zero attached hydrogens (tertiary/aromatic N) is 4. The summed E-state index contributed by atoms with van der Waals surface area (Å²) in [5, 5.41) is 3.58. The number of carbonyl (C=O) groups excluding carboxylic acids is 2. The Morgan fingerprint density at radius 2 is 1.74 bits per heavy atom. The number of benzene rings is 2. The molecular formula is C26H30ClN5O2. The number of hydrogen-bond donors (Lipinski definition) is 1. The highest BCUT2D eigenvalue weighted by molar-refractivity contribution is 6.30. The van der Waals surface area contributed by atoms with Gasteiger partial charge in [0, 0.05) is 41.5 Å². The van der Waals surface area contributed by atoms with Crippen molar-refractivity contribution in [2.75, 3.05) is 39.0 Å². The molecule has 1 fully saturated rings. The molecule has 1 saturated carbocycles. The van der Waals surface area contributed by atoms with Crippen molar-refractivity contribution in [3.8, 4) is 16.9 Å². The Bertz CT molecular complexity index is 1150. The first-order chi connectivity index (χ1) is 16.3. The van der Waals surface area contributed by atoms with Gasteiger partial charge in [0.15, 0.2) is 0 Å². The van der Waals surface area contributed by atoms with Crippen LogP contribution in [0.25, 0.3) is 16.9 Å². The van der Waals surface area contributed by atoms with Crippen molar-refractivity contribution in [2.24, 2.45) is 5.92 Å².